The standard InChI is InChI=1S/C75H146O17P2/c1-8-11-12-13-14-15-16-17-18-19-29-37-44-51-58-74(79)91-71(63-86-73(78)57-50-43-36-31-24-25-32-39-46-53-66(4)5)65-90-94(83,84)88-61-69(76)60-87-93(81,82)89-64-70(92-75(80)59-52-45-38-30-23-21-27-34-41-48-55-68(7)10-3)62-85-72(77)56-49-42-35-28-22-20-26-33-40-47-54-67(6)9-2/h66-71,76H,8-65H2,1-7H3,(H,81,82)(H,83,84)/t67?,68?,69-,70-,71-/m1/s1. The molecule has 0 saturated carbocycles. The summed E-state index contributed by atoms with van der Waals surface area (Å²) in [6.45, 7) is 11.9. The summed E-state index contributed by atoms with van der Waals surface area (Å²) in [6, 6.07) is 0. The van der Waals surface area contributed by atoms with Gasteiger partial charge in [0.05, 0.1) is 26.4 Å². The van der Waals surface area contributed by atoms with E-state index in [-0.39, 0.29) is 25.7 Å². The van der Waals surface area contributed by atoms with Gasteiger partial charge in [0.25, 0.3) is 0 Å². The summed E-state index contributed by atoms with van der Waals surface area (Å²) in [5.41, 5.74) is 0. The average molecular weight is 1380 g/mol. The lowest BCUT2D eigenvalue weighted by Gasteiger charge is -2.21. The molecule has 0 spiro atoms. The molecule has 0 radical (unpaired) electrons. The van der Waals surface area contributed by atoms with E-state index in [0.29, 0.717) is 25.7 Å². The number of hydrogen-bond acceptors (Lipinski definition) is 15. The number of unbranched alkanes of at least 4 members (excludes halogenated alkanes) is 39. The first-order valence-electron chi connectivity index (χ1n) is 38.9. The fourth-order valence-electron chi connectivity index (χ4n) is 11.4. The van der Waals surface area contributed by atoms with Crippen molar-refractivity contribution in [2.45, 2.75) is 401 Å². The summed E-state index contributed by atoms with van der Waals surface area (Å²) in [6.07, 6.45) is 51.0. The van der Waals surface area contributed by atoms with E-state index < -0.39 is 97.5 Å². The van der Waals surface area contributed by atoms with Gasteiger partial charge in [-0.05, 0) is 43.4 Å². The molecule has 0 aliphatic rings. The molecule has 94 heavy (non-hydrogen) atoms. The summed E-state index contributed by atoms with van der Waals surface area (Å²) in [4.78, 5) is 72.8. The van der Waals surface area contributed by atoms with Crippen molar-refractivity contribution in [3.05, 3.63) is 0 Å². The number of phosphoric ester groups is 2. The Hall–Kier alpha value is -1.94. The molecular weight excluding hydrogens is 1230 g/mol. The molecule has 0 saturated heterocycles. The van der Waals surface area contributed by atoms with Gasteiger partial charge < -0.3 is 33.8 Å². The van der Waals surface area contributed by atoms with Crippen molar-refractivity contribution in [2.75, 3.05) is 39.6 Å². The van der Waals surface area contributed by atoms with E-state index in [1.807, 2.05) is 0 Å². The van der Waals surface area contributed by atoms with Crippen LogP contribution in [0.1, 0.15) is 382 Å². The molecule has 0 aliphatic carbocycles. The zero-order valence-electron chi connectivity index (χ0n) is 61.4. The second-order valence-corrected chi connectivity index (χ2v) is 30.9. The Morgan fingerprint density at radius 2 is 0.543 bits per heavy atom. The van der Waals surface area contributed by atoms with Crippen LogP contribution in [0, 0.1) is 17.8 Å². The normalized spacial score (nSPS) is 14.7. The van der Waals surface area contributed by atoms with Crippen LogP contribution in [0.2, 0.25) is 0 Å². The molecule has 0 amide bonds. The molecule has 3 N–H and O–H groups in total. The molecule has 4 unspecified atom stereocenters. The van der Waals surface area contributed by atoms with E-state index in [4.69, 9.17) is 37.0 Å². The molecule has 0 aliphatic heterocycles. The molecule has 19 heteroatoms. The first-order chi connectivity index (χ1) is 45.3. The lowest BCUT2D eigenvalue weighted by molar-refractivity contribution is -0.161. The van der Waals surface area contributed by atoms with Gasteiger partial charge in [0.2, 0.25) is 0 Å². The average Bonchev–Trinajstić information content (AvgIpc) is 1.26. The van der Waals surface area contributed by atoms with Crippen molar-refractivity contribution in [3.8, 4) is 0 Å². The van der Waals surface area contributed by atoms with Gasteiger partial charge in [0.15, 0.2) is 12.2 Å². The van der Waals surface area contributed by atoms with Gasteiger partial charge >= 0.3 is 39.5 Å². The van der Waals surface area contributed by atoms with E-state index >= 15 is 0 Å². The second kappa shape index (κ2) is 65.7. The van der Waals surface area contributed by atoms with Gasteiger partial charge in [-0.3, -0.25) is 37.3 Å². The van der Waals surface area contributed by atoms with E-state index in [1.165, 1.54) is 193 Å². The van der Waals surface area contributed by atoms with Crippen molar-refractivity contribution in [1.82, 2.24) is 0 Å². The number of phosphoric acid groups is 2. The minimum Gasteiger partial charge on any atom is -0.462 e. The summed E-state index contributed by atoms with van der Waals surface area (Å²) in [5, 5.41) is 10.6. The van der Waals surface area contributed by atoms with Crippen molar-refractivity contribution in [2.24, 2.45) is 17.8 Å². The van der Waals surface area contributed by atoms with Crippen LogP contribution < -0.4 is 0 Å². The number of aliphatic hydroxyl groups is 1. The number of carbonyl (C=O) groups is 4. The topological polar surface area (TPSA) is 237 Å². The van der Waals surface area contributed by atoms with Gasteiger partial charge in [-0.15, -0.1) is 0 Å². The highest BCUT2D eigenvalue weighted by atomic mass is 31.2. The lowest BCUT2D eigenvalue weighted by atomic mass is 9.99. The van der Waals surface area contributed by atoms with E-state index in [9.17, 15) is 43.2 Å². The largest absolute Gasteiger partial charge is 0.472 e. The zero-order valence-corrected chi connectivity index (χ0v) is 63.2. The number of ether oxygens (including phenoxy) is 4. The highest BCUT2D eigenvalue weighted by Gasteiger charge is 2.30. The predicted octanol–water partition coefficient (Wildman–Crippen LogP) is 21.8. The highest BCUT2D eigenvalue weighted by molar-refractivity contribution is 7.47. The summed E-state index contributed by atoms with van der Waals surface area (Å²) >= 11 is 0. The van der Waals surface area contributed by atoms with E-state index in [1.54, 1.807) is 0 Å². The maximum absolute atomic E-state index is 13.1. The summed E-state index contributed by atoms with van der Waals surface area (Å²) in [5.74, 6) is 0.239. The lowest BCUT2D eigenvalue weighted by Crippen LogP contribution is -2.30. The SMILES string of the molecule is CCCCCCCCCCCCCCCCC(=O)O[C@H](COC(=O)CCCCCCCCCCCC(C)C)COP(=O)(O)OC[C@H](O)COP(=O)(O)OC[C@@H](COC(=O)CCCCCCCCCCCCC(C)CC)OC(=O)CCCCCCCCCCCCC(C)CC. The van der Waals surface area contributed by atoms with Crippen LogP contribution in [0.5, 0.6) is 0 Å². The number of carbonyl (C=O) groups excluding carboxylic acids is 4. The maximum Gasteiger partial charge on any atom is 0.472 e. The monoisotopic (exact) mass is 1380 g/mol. The Balaban J connectivity index is 5.28. The number of aliphatic hydroxyl groups excluding tert-OH is 1. The van der Waals surface area contributed by atoms with Crippen molar-refractivity contribution >= 4 is 39.5 Å². The molecule has 17 nitrogen and oxygen atoms in total. The minimum atomic E-state index is -4.96. The molecule has 0 aromatic heterocycles. The number of hydrogen-bond donors (Lipinski definition) is 3. The fourth-order valence-corrected chi connectivity index (χ4v) is 12.9. The van der Waals surface area contributed by atoms with Crippen LogP contribution in [-0.4, -0.2) is 96.7 Å². The third-order valence-corrected chi connectivity index (χ3v) is 20.0. The Bertz CT molecular complexity index is 1840. The van der Waals surface area contributed by atoms with Crippen LogP contribution in [0.15, 0.2) is 0 Å². The number of esters is 4. The Kier molecular flexibility index (Phi) is 64.3. The van der Waals surface area contributed by atoms with Gasteiger partial charge in [-0.2, -0.15) is 0 Å². The molecule has 0 aromatic carbocycles. The quantitative estimate of drug-likeness (QED) is 0.0222. The summed E-state index contributed by atoms with van der Waals surface area (Å²) < 4.78 is 68.5. The Labute approximate surface area is 575 Å². The predicted molar refractivity (Wildman–Crippen MR) is 381 cm³/mol. The first-order valence-corrected chi connectivity index (χ1v) is 41.9. The molecule has 0 rings (SSSR count). The Morgan fingerprint density at radius 3 is 0.809 bits per heavy atom. The first kappa shape index (κ1) is 92.1. The fraction of sp³-hybridized carbons (Fsp3) is 0.947. The second-order valence-electron chi connectivity index (χ2n) is 28.0. The maximum atomic E-state index is 13.1. The van der Waals surface area contributed by atoms with Crippen molar-refractivity contribution in [1.29, 1.82) is 0 Å². The molecule has 558 valence electrons. The third kappa shape index (κ3) is 66.0. The van der Waals surface area contributed by atoms with E-state index in [2.05, 4.69) is 48.5 Å². The van der Waals surface area contributed by atoms with Crippen LogP contribution in [0.3, 0.4) is 0 Å². The highest BCUT2D eigenvalue weighted by Crippen LogP contribution is 2.45. The molecule has 7 atom stereocenters. The molecule has 0 aromatic rings. The molecule has 0 fully saturated rings. The van der Waals surface area contributed by atoms with Crippen LogP contribution >= 0.6 is 15.6 Å². The number of rotatable bonds is 73. The molecule has 0 heterocycles. The van der Waals surface area contributed by atoms with Crippen molar-refractivity contribution < 1.29 is 80.2 Å². The van der Waals surface area contributed by atoms with E-state index in [0.717, 1.165) is 108 Å². The molecular formula is C75H146O17P2. The zero-order chi connectivity index (χ0) is 69.4. The smallest absolute Gasteiger partial charge is 0.462 e. The Morgan fingerprint density at radius 1 is 0.309 bits per heavy atom. The molecule has 0 bridgehead atoms. The van der Waals surface area contributed by atoms with Crippen LogP contribution in [0.4, 0.5) is 0 Å². The van der Waals surface area contributed by atoms with Gasteiger partial charge in [-0.1, -0.05) is 331 Å². The minimum absolute atomic E-state index is 0.106. The van der Waals surface area contributed by atoms with Gasteiger partial charge in [0, 0.05) is 25.7 Å². The van der Waals surface area contributed by atoms with Gasteiger partial charge in [0.1, 0.15) is 19.3 Å². The third-order valence-electron chi connectivity index (χ3n) is 18.1. The van der Waals surface area contributed by atoms with Crippen LogP contribution in [0.25, 0.3) is 0 Å². The van der Waals surface area contributed by atoms with Crippen LogP contribution in [-0.2, 0) is 65.4 Å². The van der Waals surface area contributed by atoms with Gasteiger partial charge in [-0.25, -0.2) is 9.13 Å². The van der Waals surface area contributed by atoms with Crippen molar-refractivity contribution in [3.63, 3.8) is 0 Å². The summed E-state index contributed by atoms with van der Waals surface area (Å²) in [7, 11) is -9.91.